The molecule has 0 radical (unpaired) electrons. The Morgan fingerprint density at radius 1 is 1.11 bits per heavy atom. The maximum Gasteiger partial charge on any atom is 0.243 e. The lowest BCUT2D eigenvalue weighted by Gasteiger charge is -2.36. The van der Waals surface area contributed by atoms with Crippen LogP contribution in [0, 0.1) is 0 Å². The first-order valence-electron chi connectivity index (χ1n) is 12.2. The van der Waals surface area contributed by atoms with Gasteiger partial charge in [-0.2, -0.15) is 4.31 Å². The average molecular weight is 523 g/mol. The van der Waals surface area contributed by atoms with Crippen LogP contribution in [-0.2, 0) is 29.3 Å². The molecule has 0 saturated heterocycles. The number of hydrogen-bond donors (Lipinski definition) is 0. The minimum Gasteiger partial charge on any atom is -0.493 e. The van der Waals surface area contributed by atoms with E-state index in [0.29, 0.717) is 30.6 Å². The van der Waals surface area contributed by atoms with Crippen molar-refractivity contribution in [1.29, 1.82) is 0 Å². The molecule has 5 rings (SSSR count). The summed E-state index contributed by atoms with van der Waals surface area (Å²) in [5.41, 5.74) is 5.03. The fourth-order valence-electron chi connectivity index (χ4n) is 5.86. The summed E-state index contributed by atoms with van der Waals surface area (Å²) in [5, 5.41) is 0. The van der Waals surface area contributed by atoms with E-state index in [0.717, 1.165) is 68.0 Å². The molecule has 1 unspecified atom stereocenters. The summed E-state index contributed by atoms with van der Waals surface area (Å²) in [4.78, 5) is 2.89. The fraction of sp³-hybridized carbons (Fsp3) is 0.538. The van der Waals surface area contributed by atoms with Gasteiger partial charge in [0, 0.05) is 44.2 Å². The first-order chi connectivity index (χ1) is 16.5. The van der Waals surface area contributed by atoms with Crippen LogP contribution >= 0.6 is 12.4 Å². The van der Waals surface area contributed by atoms with Crippen LogP contribution in [-0.4, -0.2) is 64.6 Å². The van der Waals surface area contributed by atoms with E-state index in [9.17, 15) is 8.42 Å². The third-order valence-electron chi connectivity index (χ3n) is 7.51. The van der Waals surface area contributed by atoms with Crippen molar-refractivity contribution in [3.8, 4) is 17.2 Å². The van der Waals surface area contributed by atoms with Gasteiger partial charge in [0.05, 0.1) is 25.7 Å². The fourth-order valence-corrected chi connectivity index (χ4v) is 7.40. The normalized spacial score (nSPS) is 18.6. The van der Waals surface area contributed by atoms with Gasteiger partial charge in [-0.25, -0.2) is 8.42 Å². The second-order valence-electron chi connectivity index (χ2n) is 9.22. The molecule has 0 fully saturated rings. The van der Waals surface area contributed by atoms with Gasteiger partial charge in [0.15, 0.2) is 11.5 Å². The highest BCUT2D eigenvalue weighted by molar-refractivity contribution is 7.89. The SMILES string of the molecule is CCN(CCCN1CCc2cc(OC)c(OC)c3c2C1CC3)S(=O)(=O)c1ccc2c(c1)CCO2.Cl. The highest BCUT2D eigenvalue weighted by atomic mass is 35.5. The number of benzene rings is 2. The average Bonchev–Trinajstić information content (AvgIpc) is 3.50. The molecule has 0 N–H and O–H groups in total. The number of rotatable bonds is 9. The van der Waals surface area contributed by atoms with Gasteiger partial charge in [0.1, 0.15) is 5.75 Å². The van der Waals surface area contributed by atoms with Crippen LogP contribution in [0.1, 0.15) is 48.1 Å². The maximum atomic E-state index is 13.3. The predicted octanol–water partition coefficient (Wildman–Crippen LogP) is 4.01. The molecule has 0 saturated carbocycles. The van der Waals surface area contributed by atoms with Crippen LogP contribution in [0.2, 0.25) is 0 Å². The van der Waals surface area contributed by atoms with E-state index in [2.05, 4.69) is 11.0 Å². The Morgan fingerprint density at radius 3 is 2.69 bits per heavy atom. The smallest absolute Gasteiger partial charge is 0.243 e. The van der Waals surface area contributed by atoms with Gasteiger partial charge in [0.25, 0.3) is 0 Å². The molecule has 2 heterocycles. The van der Waals surface area contributed by atoms with Gasteiger partial charge < -0.3 is 14.2 Å². The highest BCUT2D eigenvalue weighted by Gasteiger charge is 2.37. The molecule has 2 aliphatic heterocycles. The van der Waals surface area contributed by atoms with Crippen LogP contribution in [0.4, 0.5) is 0 Å². The van der Waals surface area contributed by atoms with Crippen LogP contribution < -0.4 is 14.2 Å². The number of nitrogens with zero attached hydrogens (tertiary/aromatic N) is 2. The second-order valence-corrected chi connectivity index (χ2v) is 11.2. The monoisotopic (exact) mass is 522 g/mol. The lowest BCUT2D eigenvalue weighted by Crippen LogP contribution is -2.38. The number of hydrogen-bond acceptors (Lipinski definition) is 6. The molecule has 1 aliphatic carbocycles. The molecule has 0 bridgehead atoms. The topological polar surface area (TPSA) is 68.3 Å². The van der Waals surface area contributed by atoms with E-state index in [1.54, 1.807) is 36.7 Å². The van der Waals surface area contributed by atoms with E-state index in [1.165, 1.54) is 16.7 Å². The Kier molecular flexibility index (Phi) is 7.86. The summed E-state index contributed by atoms with van der Waals surface area (Å²) < 4.78 is 45.0. The van der Waals surface area contributed by atoms with Crippen LogP contribution in [0.5, 0.6) is 17.2 Å². The van der Waals surface area contributed by atoms with Gasteiger partial charge in [-0.15, -0.1) is 12.4 Å². The highest BCUT2D eigenvalue weighted by Crippen LogP contribution is 2.48. The molecule has 7 nitrogen and oxygen atoms in total. The summed E-state index contributed by atoms with van der Waals surface area (Å²) in [7, 11) is -0.113. The van der Waals surface area contributed by atoms with E-state index >= 15 is 0 Å². The van der Waals surface area contributed by atoms with Crippen molar-refractivity contribution in [2.24, 2.45) is 0 Å². The summed E-state index contributed by atoms with van der Waals surface area (Å²) in [6.07, 6.45) is 4.60. The number of methoxy groups -OCH3 is 2. The Labute approximate surface area is 214 Å². The van der Waals surface area contributed by atoms with E-state index in [-0.39, 0.29) is 12.4 Å². The first-order valence-corrected chi connectivity index (χ1v) is 13.7. The molecular formula is C26H35ClN2O5S. The molecule has 35 heavy (non-hydrogen) atoms. The maximum absolute atomic E-state index is 13.3. The van der Waals surface area contributed by atoms with Crippen LogP contribution in [0.15, 0.2) is 29.2 Å². The van der Waals surface area contributed by atoms with Crippen molar-refractivity contribution in [2.75, 3.05) is 47.0 Å². The van der Waals surface area contributed by atoms with Crippen LogP contribution in [0.25, 0.3) is 0 Å². The first kappa shape index (κ1) is 26.1. The van der Waals surface area contributed by atoms with Gasteiger partial charge >= 0.3 is 0 Å². The predicted molar refractivity (Wildman–Crippen MR) is 138 cm³/mol. The molecule has 2 aromatic rings. The minimum atomic E-state index is -3.52. The quantitative estimate of drug-likeness (QED) is 0.496. The Hall–Kier alpha value is -2.00. The summed E-state index contributed by atoms with van der Waals surface area (Å²) in [6, 6.07) is 7.76. The van der Waals surface area contributed by atoms with Crippen molar-refractivity contribution >= 4 is 22.4 Å². The van der Waals surface area contributed by atoms with Crippen molar-refractivity contribution in [3.63, 3.8) is 0 Å². The lowest BCUT2D eigenvalue weighted by atomic mass is 9.92. The molecule has 0 spiro atoms. The number of halogens is 1. The van der Waals surface area contributed by atoms with E-state index in [4.69, 9.17) is 14.2 Å². The number of ether oxygens (including phenoxy) is 3. The number of sulfonamides is 1. The van der Waals surface area contributed by atoms with Crippen molar-refractivity contribution in [1.82, 2.24) is 9.21 Å². The molecule has 9 heteroatoms. The minimum absolute atomic E-state index is 0. The molecule has 0 aromatic heterocycles. The zero-order valence-corrected chi connectivity index (χ0v) is 22.3. The largest absolute Gasteiger partial charge is 0.493 e. The van der Waals surface area contributed by atoms with Crippen molar-refractivity contribution < 1.29 is 22.6 Å². The molecule has 2 aromatic carbocycles. The van der Waals surface area contributed by atoms with E-state index < -0.39 is 10.0 Å². The molecule has 1 atom stereocenters. The Bertz CT molecular complexity index is 1190. The van der Waals surface area contributed by atoms with Gasteiger partial charge in [-0.05, 0) is 66.6 Å². The third-order valence-corrected chi connectivity index (χ3v) is 9.48. The summed E-state index contributed by atoms with van der Waals surface area (Å²) in [5.74, 6) is 2.50. The molecule has 192 valence electrons. The van der Waals surface area contributed by atoms with Crippen LogP contribution in [0.3, 0.4) is 0 Å². The zero-order valence-electron chi connectivity index (χ0n) is 20.7. The van der Waals surface area contributed by atoms with Gasteiger partial charge in [-0.3, -0.25) is 4.90 Å². The third kappa shape index (κ3) is 4.61. The Balaban J connectivity index is 0.00000289. The lowest BCUT2D eigenvalue weighted by molar-refractivity contribution is 0.179. The van der Waals surface area contributed by atoms with Crippen molar-refractivity contribution in [2.45, 2.75) is 50.0 Å². The summed E-state index contributed by atoms with van der Waals surface area (Å²) >= 11 is 0. The standard InChI is InChI=1S/C26H34N2O5S.ClH/c1-4-28(34(29,30)20-6-9-23-18(16-20)11-15-33-23)13-5-12-27-14-10-19-17-24(31-2)26(32-3)21-7-8-22(27)25(19)21;/h6,9,16-17,22H,4-5,7-8,10-15H2,1-3H3;1H. The molecular weight excluding hydrogens is 488 g/mol. The van der Waals surface area contributed by atoms with Gasteiger partial charge in [0.2, 0.25) is 10.0 Å². The van der Waals surface area contributed by atoms with Gasteiger partial charge in [-0.1, -0.05) is 6.92 Å². The van der Waals surface area contributed by atoms with E-state index in [1.807, 2.05) is 6.92 Å². The second kappa shape index (κ2) is 10.5. The van der Waals surface area contributed by atoms with Crippen molar-refractivity contribution in [3.05, 3.63) is 46.5 Å². The molecule has 3 aliphatic rings. The number of fused-ring (bicyclic) bond motifs is 1. The summed E-state index contributed by atoms with van der Waals surface area (Å²) in [6.45, 7) is 5.37. The molecule has 0 amide bonds. The zero-order chi connectivity index (χ0) is 23.9. The Morgan fingerprint density at radius 2 is 1.94 bits per heavy atom.